The van der Waals surface area contributed by atoms with E-state index in [1.165, 1.54) is 23.0 Å². The normalized spacial score (nSPS) is 11.0. The van der Waals surface area contributed by atoms with Gasteiger partial charge in [0, 0.05) is 11.8 Å². The van der Waals surface area contributed by atoms with Crippen LogP contribution < -0.4 is 5.32 Å². The molecule has 0 aliphatic carbocycles. The van der Waals surface area contributed by atoms with Gasteiger partial charge in [0.15, 0.2) is 11.5 Å². The van der Waals surface area contributed by atoms with Crippen LogP contribution in [0.25, 0.3) is 0 Å². The summed E-state index contributed by atoms with van der Waals surface area (Å²) in [4.78, 5) is 23.1. The minimum absolute atomic E-state index is 0.0145. The predicted molar refractivity (Wildman–Crippen MR) is 113 cm³/mol. The molecule has 3 aromatic heterocycles. The molecule has 0 aliphatic rings. The fourth-order valence-electron chi connectivity index (χ4n) is 2.96. The van der Waals surface area contributed by atoms with E-state index in [1.807, 2.05) is 0 Å². The van der Waals surface area contributed by atoms with Crippen LogP contribution in [0, 0.1) is 22.9 Å². The number of aryl methyl sites for hydroxylation is 1. The number of nitro groups is 1. The number of aromatic nitrogens is 5. The SMILES string of the molecule is Cc1onc(C(=O)Nc2nn(Cc3ccc(F)cc3)cc2Br)c1Cn1cc([N+](=O)[O-])cn1. The van der Waals surface area contributed by atoms with Gasteiger partial charge in [-0.3, -0.25) is 24.3 Å². The second-order valence-electron chi connectivity index (χ2n) is 6.82. The Labute approximate surface area is 188 Å². The fraction of sp³-hybridized carbons (Fsp3) is 0.158. The van der Waals surface area contributed by atoms with Crippen molar-refractivity contribution in [2.45, 2.75) is 20.0 Å². The van der Waals surface area contributed by atoms with Crippen LogP contribution in [0.4, 0.5) is 15.9 Å². The van der Waals surface area contributed by atoms with Crippen molar-refractivity contribution >= 4 is 33.3 Å². The lowest BCUT2D eigenvalue weighted by Gasteiger charge is -2.04. The number of hydrogen-bond acceptors (Lipinski definition) is 7. The molecule has 3 heterocycles. The molecule has 0 saturated carbocycles. The van der Waals surface area contributed by atoms with Crippen molar-refractivity contribution in [1.82, 2.24) is 24.7 Å². The molecular weight excluding hydrogens is 489 g/mol. The van der Waals surface area contributed by atoms with E-state index in [0.717, 1.165) is 11.8 Å². The number of nitrogens with one attached hydrogen (secondary N) is 1. The topological polar surface area (TPSA) is 134 Å². The molecule has 0 aliphatic heterocycles. The number of rotatable bonds is 7. The van der Waals surface area contributed by atoms with Crippen LogP contribution in [0.5, 0.6) is 0 Å². The molecule has 4 aromatic rings. The second kappa shape index (κ2) is 8.70. The Hall–Kier alpha value is -3.87. The van der Waals surface area contributed by atoms with E-state index in [9.17, 15) is 19.3 Å². The van der Waals surface area contributed by atoms with Gasteiger partial charge in [0.1, 0.15) is 24.0 Å². The molecule has 0 atom stereocenters. The van der Waals surface area contributed by atoms with Crippen LogP contribution in [-0.2, 0) is 13.1 Å². The molecule has 1 N–H and O–H groups in total. The lowest BCUT2D eigenvalue weighted by molar-refractivity contribution is -0.385. The Morgan fingerprint density at radius 1 is 1.25 bits per heavy atom. The number of amides is 1. The maximum absolute atomic E-state index is 13.1. The summed E-state index contributed by atoms with van der Waals surface area (Å²) < 4.78 is 21.7. The van der Waals surface area contributed by atoms with Gasteiger partial charge in [-0.25, -0.2) is 4.39 Å². The molecule has 0 spiro atoms. The van der Waals surface area contributed by atoms with Crippen molar-refractivity contribution < 1.29 is 18.6 Å². The average Bonchev–Trinajstić information content (AvgIpc) is 3.45. The third kappa shape index (κ3) is 4.56. The molecule has 4 rings (SSSR count). The summed E-state index contributed by atoms with van der Waals surface area (Å²) >= 11 is 3.36. The molecule has 0 unspecified atom stereocenters. The summed E-state index contributed by atoms with van der Waals surface area (Å²) in [5.74, 6) is -0.245. The minimum atomic E-state index is -0.564. The van der Waals surface area contributed by atoms with Crippen LogP contribution in [0.2, 0.25) is 0 Å². The van der Waals surface area contributed by atoms with E-state index >= 15 is 0 Å². The summed E-state index contributed by atoms with van der Waals surface area (Å²) in [7, 11) is 0. The Morgan fingerprint density at radius 3 is 2.69 bits per heavy atom. The number of carbonyl (C=O) groups is 1. The molecule has 0 fully saturated rings. The van der Waals surface area contributed by atoms with Gasteiger partial charge in [0.25, 0.3) is 5.91 Å². The molecule has 1 amide bonds. The minimum Gasteiger partial charge on any atom is -0.361 e. The van der Waals surface area contributed by atoms with Crippen molar-refractivity contribution in [3.05, 3.63) is 85.8 Å². The zero-order valence-electron chi connectivity index (χ0n) is 16.5. The number of benzene rings is 1. The number of carbonyl (C=O) groups excluding carboxylic acids is 1. The van der Waals surface area contributed by atoms with Crippen molar-refractivity contribution in [3.8, 4) is 0 Å². The van der Waals surface area contributed by atoms with Crippen molar-refractivity contribution in [3.63, 3.8) is 0 Å². The molecule has 0 saturated heterocycles. The Morgan fingerprint density at radius 2 is 2.00 bits per heavy atom. The van der Waals surface area contributed by atoms with Crippen molar-refractivity contribution in [2.24, 2.45) is 0 Å². The van der Waals surface area contributed by atoms with Gasteiger partial charge in [-0.2, -0.15) is 10.2 Å². The van der Waals surface area contributed by atoms with Crippen molar-refractivity contribution in [2.75, 3.05) is 5.32 Å². The molecule has 0 radical (unpaired) electrons. The average molecular weight is 504 g/mol. The predicted octanol–water partition coefficient (Wildman–Crippen LogP) is 3.53. The van der Waals surface area contributed by atoms with E-state index in [0.29, 0.717) is 22.3 Å². The smallest absolute Gasteiger partial charge is 0.307 e. The first-order valence-corrected chi connectivity index (χ1v) is 10.00. The largest absolute Gasteiger partial charge is 0.361 e. The summed E-state index contributed by atoms with van der Waals surface area (Å²) in [5, 5.41) is 25.6. The lowest BCUT2D eigenvalue weighted by Crippen LogP contribution is -2.17. The quantitative estimate of drug-likeness (QED) is 0.301. The maximum Gasteiger partial charge on any atom is 0.307 e. The summed E-state index contributed by atoms with van der Waals surface area (Å²) in [6.45, 7) is 2.07. The third-order valence-corrected chi connectivity index (χ3v) is 5.14. The summed E-state index contributed by atoms with van der Waals surface area (Å²) in [5.41, 5.74) is 1.12. The van der Waals surface area contributed by atoms with Crippen LogP contribution in [0.15, 0.2) is 51.9 Å². The highest BCUT2D eigenvalue weighted by Crippen LogP contribution is 2.23. The summed E-state index contributed by atoms with van der Waals surface area (Å²) in [6.07, 6.45) is 4.05. The van der Waals surface area contributed by atoms with E-state index in [-0.39, 0.29) is 29.6 Å². The van der Waals surface area contributed by atoms with Gasteiger partial charge in [-0.05, 0) is 40.5 Å². The first-order valence-electron chi connectivity index (χ1n) is 9.21. The van der Waals surface area contributed by atoms with Gasteiger partial charge >= 0.3 is 5.69 Å². The Balaban J connectivity index is 1.50. The zero-order valence-corrected chi connectivity index (χ0v) is 18.1. The van der Waals surface area contributed by atoms with E-state index in [2.05, 4.69) is 36.6 Å². The van der Waals surface area contributed by atoms with Crippen LogP contribution in [0.3, 0.4) is 0 Å². The van der Waals surface area contributed by atoms with Crippen LogP contribution >= 0.6 is 15.9 Å². The summed E-state index contributed by atoms with van der Waals surface area (Å²) in [6, 6.07) is 6.01. The van der Waals surface area contributed by atoms with Crippen molar-refractivity contribution in [1.29, 1.82) is 0 Å². The monoisotopic (exact) mass is 503 g/mol. The Kier molecular flexibility index (Phi) is 5.81. The van der Waals surface area contributed by atoms with Crippen LogP contribution in [-0.4, -0.2) is 35.5 Å². The van der Waals surface area contributed by atoms with Crippen LogP contribution in [0.1, 0.15) is 27.4 Å². The number of hydrogen-bond donors (Lipinski definition) is 1. The lowest BCUT2D eigenvalue weighted by atomic mass is 10.2. The van der Waals surface area contributed by atoms with Gasteiger partial charge < -0.3 is 9.84 Å². The Bertz CT molecular complexity index is 1300. The molecule has 1 aromatic carbocycles. The number of halogens is 2. The standard InChI is InChI=1S/C19H15BrFN7O4/c1-11-15(9-26-8-14(6-22-26)28(30)31)17(25-32-11)19(29)23-18-16(20)10-27(24-18)7-12-2-4-13(21)5-3-12/h2-6,8,10H,7,9H2,1H3,(H,23,24,29). The molecule has 0 bridgehead atoms. The van der Waals surface area contributed by atoms with Gasteiger partial charge in [0.05, 0.1) is 22.5 Å². The first kappa shape index (κ1) is 21.4. The fourth-order valence-corrected chi connectivity index (χ4v) is 3.37. The maximum atomic E-state index is 13.1. The van der Waals surface area contributed by atoms with Gasteiger partial charge in [0.2, 0.25) is 0 Å². The molecule has 11 nitrogen and oxygen atoms in total. The zero-order chi connectivity index (χ0) is 22.8. The molecule has 164 valence electrons. The molecular formula is C19H15BrFN7O4. The number of nitrogens with zero attached hydrogens (tertiary/aromatic N) is 6. The van der Waals surface area contributed by atoms with E-state index in [4.69, 9.17) is 4.52 Å². The third-order valence-electron chi connectivity index (χ3n) is 4.56. The van der Waals surface area contributed by atoms with Gasteiger partial charge in [-0.1, -0.05) is 17.3 Å². The van der Waals surface area contributed by atoms with Gasteiger partial charge in [-0.15, -0.1) is 0 Å². The molecule has 13 heteroatoms. The molecule has 32 heavy (non-hydrogen) atoms. The van der Waals surface area contributed by atoms with E-state index in [1.54, 1.807) is 29.9 Å². The van der Waals surface area contributed by atoms with E-state index < -0.39 is 10.8 Å². The first-order chi connectivity index (χ1) is 15.3. The number of anilines is 1. The second-order valence-corrected chi connectivity index (χ2v) is 7.68. The highest BCUT2D eigenvalue weighted by atomic mass is 79.9. The highest BCUT2D eigenvalue weighted by Gasteiger charge is 2.23. The highest BCUT2D eigenvalue weighted by molar-refractivity contribution is 9.10.